The van der Waals surface area contributed by atoms with Gasteiger partial charge in [0.2, 0.25) is 17.0 Å². The highest BCUT2D eigenvalue weighted by atomic mass is 16.5. The minimum absolute atomic E-state index is 0.0146. The fourth-order valence-corrected chi connectivity index (χ4v) is 7.26. The van der Waals surface area contributed by atoms with E-state index in [1.807, 2.05) is 41.5 Å². The molecule has 4 N–H and O–H groups in total. The largest absolute Gasteiger partial charge is 0.508 e. The number of fused-ring (bicyclic) bond motifs is 2. The molecule has 1 aliphatic rings. The molecular weight excluding hydrogens is 664 g/mol. The van der Waals surface area contributed by atoms with Crippen LogP contribution in [0.5, 0.6) is 34.5 Å². The van der Waals surface area contributed by atoms with Gasteiger partial charge in [0.25, 0.3) is 0 Å². The van der Waals surface area contributed by atoms with Crippen LogP contribution < -0.4 is 14.9 Å². The van der Waals surface area contributed by atoms with E-state index >= 15 is 0 Å². The van der Waals surface area contributed by atoms with Gasteiger partial charge >= 0.3 is 0 Å². The van der Waals surface area contributed by atoms with Crippen molar-refractivity contribution in [3.8, 4) is 45.8 Å². The zero-order valence-corrected chi connectivity index (χ0v) is 31.7. The number of methoxy groups -OCH3 is 2. The molecule has 6 rings (SSSR count). The van der Waals surface area contributed by atoms with Gasteiger partial charge in [0.15, 0.2) is 18.0 Å². The first-order valence-corrected chi connectivity index (χ1v) is 16.9. The van der Waals surface area contributed by atoms with E-state index in [0.717, 1.165) is 67.8 Å². The highest BCUT2D eigenvalue weighted by Gasteiger charge is 2.42. The van der Waals surface area contributed by atoms with Gasteiger partial charge in [-0.1, -0.05) is 0 Å². The molecule has 5 aromatic rings. The van der Waals surface area contributed by atoms with Crippen molar-refractivity contribution in [2.75, 3.05) is 14.2 Å². The number of phenolic OH excluding ortho intramolecular Hbond substituents is 4. The number of hydrogen-bond acceptors (Lipinski definition) is 10. The number of carbonyl (C=O) groups excluding carboxylic acids is 1. The molecule has 2 unspecified atom stereocenters. The summed E-state index contributed by atoms with van der Waals surface area (Å²) >= 11 is 0. The van der Waals surface area contributed by atoms with E-state index in [1.165, 1.54) is 37.5 Å². The Labute approximate surface area is 302 Å². The van der Waals surface area contributed by atoms with Crippen molar-refractivity contribution in [3.63, 3.8) is 0 Å². The second kappa shape index (κ2) is 13.9. The van der Waals surface area contributed by atoms with Crippen LogP contribution in [0.2, 0.25) is 0 Å². The summed E-state index contributed by atoms with van der Waals surface area (Å²) in [7, 11) is 2.86. The van der Waals surface area contributed by atoms with Gasteiger partial charge in [-0.25, -0.2) is 0 Å². The lowest BCUT2D eigenvalue weighted by molar-refractivity contribution is -0.00153. The molecule has 0 saturated heterocycles. The molecule has 2 heterocycles. The number of benzene rings is 4. The van der Waals surface area contributed by atoms with E-state index in [0.29, 0.717) is 5.76 Å². The summed E-state index contributed by atoms with van der Waals surface area (Å²) < 4.78 is 22.9. The summed E-state index contributed by atoms with van der Waals surface area (Å²) in [5.74, 6) is -0.846. The Morgan fingerprint density at radius 1 is 0.596 bits per heavy atom. The van der Waals surface area contributed by atoms with Gasteiger partial charge in [-0.3, -0.25) is 9.59 Å². The Bertz CT molecular complexity index is 2290. The van der Waals surface area contributed by atoms with Crippen LogP contribution in [0.4, 0.5) is 0 Å². The molecule has 0 bridgehead atoms. The summed E-state index contributed by atoms with van der Waals surface area (Å²) in [5, 5.41) is 39.7. The van der Waals surface area contributed by atoms with Gasteiger partial charge in [-0.15, -0.1) is 0 Å². The van der Waals surface area contributed by atoms with Gasteiger partial charge in [-0.2, -0.15) is 0 Å². The van der Waals surface area contributed by atoms with Gasteiger partial charge in [0.1, 0.15) is 45.3 Å². The van der Waals surface area contributed by atoms with Crippen molar-refractivity contribution in [2.24, 2.45) is 0 Å². The SMILES string of the molecule is COC1C(=O)c2c(O)cc(O)cc2OC1c1c(C)c(C)c(C)c(C)c1C.COc1c(-c2c(C)c(C)c(C)c(C)c2C)oc2cc(O)cc(O)c2c1=O. The quantitative estimate of drug-likeness (QED) is 0.143. The highest BCUT2D eigenvalue weighted by molar-refractivity contribution is 6.06. The first-order valence-electron chi connectivity index (χ1n) is 16.9. The van der Waals surface area contributed by atoms with Crippen molar-refractivity contribution in [3.05, 3.63) is 101 Å². The molecule has 4 aromatic carbocycles. The lowest BCUT2D eigenvalue weighted by Crippen LogP contribution is -2.38. The van der Waals surface area contributed by atoms with Crippen LogP contribution in [0, 0.1) is 69.2 Å². The second-order valence-electron chi connectivity index (χ2n) is 13.6. The molecule has 0 spiro atoms. The number of ketones is 1. The third-order valence-electron chi connectivity index (χ3n) is 11.0. The third-order valence-corrected chi connectivity index (χ3v) is 11.0. The van der Waals surface area contributed by atoms with Crippen LogP contribution in [0.1, 0.15) is 77.7 Å². The lowest BCUT2D eigenvalue weighted by Gasteiger charge is -2.35. The maximum atomic E-state index is 13.0. The Hall–Kier alpha value is -5.48. The summed E-state index contributed by atoms with van der Waals surface area (Å²) in [6, 6.07) is 4.90. The molecule has 10 nitrogen and oxygen atoms in total. The van der Waals surface area contributed by atoms with Crippen molar-refractivity contribution in [1.82, 2.24) is 0 Å². The summed E-state index contributed by atoms with van der Waals surface area (Å²) in [6.07, 6.45) is -1.53. The molecule has 274 valence electrons. The fraction of sp³-hybridized carbons (Fsp3) is 0.333. The van der Waals surface area contributed by atoms with Crippen LogP contribution in [0.15, 0.2) is 33.5 Å². The molecule has 0 aliphatic carbocycles. The van der Waals surface area contributed by atoms with E-state index in [2.05, 4.69) is 27.7 Å². The first-order chi connectivity index (χ1) is 24.4. The number of hydrogen-bond donors (Lipinski definition) is 4. The van der Waals surface area contributed by atoms with Gasteiger partial charge in [0.05, 0.1) is 7.11 Å². The molecule has 52 heavy (non-hydrogen) atoms. The Kier molecular flexibility index (Phi) is 10.1. The molecule has 10 heteroatoms. The minimum Gasteiger partial charge on any atom is -0.508 e. The molecule has 0 radical (unpaired) electrons. The van der Waals surface area contributed by atoms with Crippen LogP contribution in [0.3, 0.4) is 0 Å². The summed E-state index contributed by atoms with van der Waals surface area (Å²) in [6.45, 7) is 20.3. The Balaban J connectivity index is 0.000000201. The number of aromatic hydroxyl groups is 4. The minimum atomic E-state index is -0.878. The van der Waals surface area contributed by atoms with Gasteiger partial charge in [-0.05, 0) is 125 Å². The zero-order valence-electron chi connectivity index (χ0n) is 31.7. The van der Waals surface area contributed by atoms with E-state index in [1.54, 1.807) is 0 Å². The summed E-state index contributed by atoms with van der Waals surface area (Å²) in [5.41, 5.74) is 12.4. The number of ether oxygens (including phenoxy) is 3. The number of carbonyl (C=O) groups is 1. The van der Waals surface area contributed by atoms with Crippen LogP contribution in [0.25, 0.3) is 22.3 Å². The van der Waals surface area contributed by atoms with E-state index in [9.17, 15) is 30.0 Å². The normalized spacial score (nSPS) is 15.2. The zero-order chi connectivity index (χ0) is 38.7. The van der Waals surface area contributed by atoms with E-state index < -0.39 is 17.6 Å². The van der Waals surface area contributed by atoms with Crippen molar-refractivity contribution >= 4 is 16.8 Å². The Morgan fingerprint density at radius 2 is 1.08 bits per heavy atom. The second-order valence-corrected chi connectivity index (χ2v) is 13.6. The van der Waals surface area contributed by atoms with Crippen LogP contribution in [-0.4, -0.2) is 46.5 Å². The van der Waals surface area contributed by atoms with Gasteiger partial charge < -0.3 is 39.1 Å². The fourth-order valence-electron chi connectivity index (χ4n) is 7.26. The Morgan fingerprint density at radius 3 is 1.60 bits per heavy atom. The number of Topliss-reactive ketones (excluding diaryl/α,β-unsaturated/α-hetero) is 1. The molecule has 0 fully saturated rings. The lowest BCUT2D eigenvalue weighted by atomic mass is 9.83. The predicted octanol–water partition coefficient (Wildman–Crippen LogP) is 8.39. The average Bonchev–Trinajstić information content (AvgIpc) is 3.08. The van der Waals surface area contributed by atoms with Crippen molar-refractivity contribution < 1.29 is 43.8 Å². The number of rotatable bonds is 4. The monoisotopic (exact) mass is 710 g/mol. The van der Waals surface area contributed by atoms with E-state index in [-0.39, 0.29) is 56.8 Å². The maximum Gasteiger partial charge on any atom is 0.239 e. The standard InChI is InChI=1S/C21H24O5.C21H22O5/c2*1-9-10(2)12(4)17(13(5)11(9)3)20-21(25-6)19(24)18-15(23)7-14(22)8-16(18)26-20/h7-8,20-23H,1-6H3;7-8,22-23H,1-6H3. The molecule has 0 saturated carbocycles. The molecule has 1 aromatic heterocycles. The molecule has 0 amide bonds. The molecular formula is C42H46O10. The molecule has 2 atom stereocenters. The topological polar surface area (TPSA) is 156 Å². The summed E-state index contributed by atoms with van der Waals surface area (Å²) in [4.78, 5) is 25.9. The first kappa shape index (κ1) is 37.8. The molecule has 1 aliphatic heterocycles. The maximum absolute atomic E-state index is 13.0. The van der Waals surface area contributed by atoms with Crippen LogP contribution >= 0.6 is 0 Å². The predicted molar refractivity (Wildman–Crippen MR) is 200 cm³/mol. The van der Waals surface area contributed by atoms with Crippen LogP contribution in [-0.2, 0) is 4.74 Å². The van der Waals surface area contributed by atoms with Crippen molar-refractivity contribution in [1.29, 1.82) is 0 Å². The highest BCUT2D eigenvalue weighted by Crippen LogP contribution is 2.45. The third kappa shape index (κ3) is 6.00. The smallest absolute Gasteiger partial charge is 0.239 e. The average molecular weight is 711 g/mol. The van der Waals surface area contributed by atoms with Gasteiger partial charge in [0, 0.05) is 42.5 Å². The van der Waals surface area contributed by atoms with Crippen molar-refractivity contribution in [2.45, 2.75) is 81.4 Å². The van der Waals surface area contributed by atoms with E-state index in [4.69, 9.17) is 18.6 Å². The number of phenols is 4.